The molecule has 0 radical (unpaired) electrons. The monoisotopic (exact) mass is 319 g/mol. The molecule has 1 aromatic carbocycles. The van der Waals surface area contributed by atoms with Crippen LogP contribution in [0.3, 0.4) is 0 Å². The lowest BCUT2D eigenvalue weighted by Gasteiger charge is -2.08. The number of hydrogen-bond acceptors (Lipinski definition) is 2. The summed E-state index contributed by atoms with van der Waals surface area (Å²) in [5.41, 5.74) is 1.21. The van der Waals surface area contributed by atoms with Crippen molar-refractivity contribution < 1.29 is 9.90 Å². The van der Waals surface area contributed by atoms with Gasteiger partial charge in [-0.25, -0.2) is 0 Å². The van der Waals surface area contributed by atoms with Gasteiger partial charge in [0, 0.05) is 5.02 Å². The molecule has 1 saturated heterocycles. The number of carboxylic acids is 1. The number of rotatable bonds is 3. The van der Waals surface area contributed by atoms with E-state index < -0.39 is 5.97 Å². The van der Waals surface area contributed by atoms with E-state index in [9.17, 15) is 4.79 Å². The van der Waals surface area contributed by atoms with Crippen molar-refractivity contribution >= 4 is 34.6 Å². The van der Waals surface area contributed by atoms with Gasteiger partial charge in [0.25, 0.3) is 0 Å². The number of aliphatic carboxylic acids is 1. The second kappa shape index (κ2) is 6.38. The summed E-state index contributed by atoms with van der Waals surface area (Å²) in [5.74, 6) is -0.346. The van der Waals surface area contributed by atoms with Crippen LogP contribution in [0.25, 0.3) is 0 Å². The number of carbonyl (C=O) groups is 1. The summed E-state index contributed by atoms with van der Waals surface area (Å²) >= 11 is 5.80. The third kappa shape index (κ3) is 3.98. The van der Waals surface area contributed by atoms with E-state index in [2.05, 4.69) is 5.32 Å². The van der Waals surface area contributed by atoms with Gasteiger partial charge in [0.15, 0.2) is 0 Å². The lowest BCUT2D eigenvalue weighted by atomic mass is 9.97. The topological polar surface area (TPSA) is 49.3 Å². The fraction of sp³-hybridized carbons (Fsp3) is 0.417. The Labute approximate surface area is 116 Å². The molecule has 1 fully saturated rings. The van der Waals surface area contributed by atoms with Gasteiger partial charge in [-0.05, 0) is 43.0 Å². The lowest BCUT2D eigenvalue weighted by molar-refractivity contribution is -0.139. The summed E-state index contributed by atoms with van der Waals surface area (Å²) in [6.07, 6.45) is 1.62. The zero-order valence-corrected chi connectivity index (χ0v) is 11.7. The van der Waals surface area contributed by atoms with Crippen LogP contribution in [0.4, 0.5) is 0 Å². The average molecular weight is 321 g/mol. The first-order chi connectivity index (χ1) is 7.65. The first kappa shape index (κ1) is 14.5. The van der Waals surface area contributed by atoms with E-state index in [1.165, 1.54) is 5.56 Å². The van der Waals surface area contributed by atoms with E-state index >= 15 is 0 Å². The van der Waals surface area contributed by atoms with Crippen molar-refractivity contribution in [3.63, 3.8) is 0 Å². The highest BCUT2D eigenvalue weighted by molar-refractivity contribution is 8.93. The highest BCUT2D eigenvalue weighted by Crippen LogP contribution is 2.20. The summed E-state index contributed by atoms with van der Waals surface area (Å²) in [6.45, 7) is 0.777. The second-order valence-corrected chi connectivity index (χ2v) is 4.67. The van der Waals surface area contributed by atoms with Crippen LogP contribution in [0.1, 0.15) is 12.0 Å². The van der Waals surface area contributed by atoms with E-state index in [1.54, 1.807) is 0 Å². The zero-order valence-electron chi connectivity index (χ0n) is 9.23. The molecule has 0 aromatic heterocycles. The van der Waals surface area contributed by atoms with E-state index in [1.807, 2.05) is 24.3 Å². The average Bonchev–Trinajstić information content (AvgIpc) is 2.70. The second-order valence-electron chi connectivity index (χ2n) is 4.23. The van der Waals surface area contributed by atoms with Crippen LogP contribution in [0.15, 0.2) is 24.3 Å². The molecular weight excluding hydrogens is 305 g/mol. The summed E-state index contributed by atoms with van der Waals surface area (Å²) in [6, 6.07) is 7.35. The Bertz CT molecular complexity index is 383. The first-order valence-electron chi connectivity index (χ1n) is 5.36. The zero-order chi connectivity index (χ0) is 11.5. The molecule has 2 rings (SSSR count). The number of halogens is 2. The first-order valence-corrected chi connectivity index (χ1v) is 5.73. The van der Waals surface area contributed by atoms with Gasteiger partial charge in [-0.2, -0.15) is 0 Å². The molecule has 1 heterocycles. The van der Waals surface area contributed by atoms with Gasteiger partial charge in [0.05, 0.1) is 0 Å². The van der Waals surface area contributed by atoms with Gasteiger partial charge >= 0.3 is 5.97 Å². The van der Waals surface area contributed by atoms with Crippen molar-refractivity contribution in [3.8, 4) is 0 Å². The number of benzene rings is 1. The largest absolute Gasteiger partial charge is 0.480 e. The fourth-order valence-corrected chi connectivity index (χ4v) is 2.23. The molecule has 1 aliphatic rings. The molecule has 0 aliphatic carbocycles. The smallest absolute Gasteiger partial charge is 0.320 e. The van der Waals surface area contributed by atoms with Gasteiger partial charge in [0.2, 0.25) is 0 Å². The Balaban J connectivity index is 0.00000144. The van der Waals surface area contributed by atoms with Gasteiger partial charge in [-0.3, -0.25) is 4.79 Å². The van der Waals surface area contributed by atoms with Crippen molar-refractivity contribution in [1.29, 1.82) is 0 Å². The maximum atomic E-state index is 10.8. The predicted molar refractivity (Wildman–Crippen MR) is 73.0 cm³/mol. The number of nitrogens with one attached hydrogen (secondary N) is 1. The molecule has 2 atom stereocenters. The molecule has 5 heteroatoms. The van der Waals surface area contributed by atoms with Crippen molar-refractivity contribution in [2.45, 2.75) is 18.9 Å². The van der Waals surface area contributed by atoms with E-state index in [0.29, 0.717) is 12.3 Å². The maximum absolute atomic E-state index is 10.8. The van der Waals surface area contributed by atoms with E-state index in [-0.39, 0.29) is 23.0 Å². The third-order valence-electron chi connectivity index (χ3n) is 2.96. The molecule has 1 aromatic rings. The molecule has 1 unspecified atom stereocenters. The summed E-state index contributed by atoms with van der Waals surface area (Å²) in [7, 11) is 0. The Morgan fingerprint density at radius 3 is 2.59 bits per heavy atom. The Morgan fingerprint density at radius 2 is 2.06 bits per heavy atom. The molecule has 17 heavy (non-hydrogen) atoms. The van der Waals surface area contributed by atoms with Crippen molar-refractivity contribution in [2.75, 3.05) is 6.54 Å². The minimum absolute atomic E-state index is 0. The van der Waals surface area contributed by atoms with Crippen LogP contribution < -0.4 is 5.32 Å². The molecule has 2 N–H and O–H groups in total. The van der Waals surface area contributed by atoms with E-state index in [0.717, 1.165) is 18.0 Å². The molecule has 0 amide bonds. The standard InChI is InChI=1S/C12H14ClNO2.BrH/c13-10-3-1-8(2-4-10)5-9-6-11(12(15)16)14-7-9;/h1-4,9,11,14H,5-7H2,(H,15,16);1H/t9?,11-;/m0./s1. The van der Waals surface area contributed by atoms with Crippen LogP contribution in [0.5, 0.6) is 0 Å². The Hall–Kier alpha value is -0.580. The number of carboxylic acid groups (broad SMARTS) is 1. The molecule has 0 bridgehead atoms. The van der Waals surface area contributed by atoms with Crippen molar-refractivity contribution in [2.24, 2.45) is 5.92 Å². The Kier molecular flexibility index (Phi) is 5.43. The maximum Gasteiger partial charge on any atom is 0.320 e. The predicted octanol–water partition coefficient (Wildman–Crippen LogP) is 2.52. The lowest BCUT2D eigenvalue weighted by Crippen LogP contribution is -2.29. The highest BCUT2D eigenvalue weighted by atomic mass is 79.9. The van der Waals surface area contributed by atoms with Crippen molar-refractivity contribution in [3.05, 3.63) is 34.9 Å². The molecule has 3 nitrogen and oxygen atoms in total. The van der Waals surface area contributed by atoms with Crippen LogP contribution >= 0.6 is 28.6 Å². The Morgan fingerprint density at radius 1 is 1.41 bits per heavy atom. The minimum Gasteiger partial charge on any atom is -0.480 e. The minimum atomic E-state index is -0.751. The normalized spacial score (nSPS) is 23.1. The molecule has 94 valence electrons. The molecular formula is C12H15BrClNO2. The quantitative estimate of drug-likeness (QED) is 0.900. The van der Waals surface area contributed by atoms with Crippen LogP contribution in [0.2, 0.25) is 5.02 Å². The summed E-state index contributed by atoms with van der Waals surface area (Å²) in [5, 5.41) is 12.6. The van der Waals surface area contributed by atoms with Gasteiger partial charge in [-0.15, -0.1) is 17.0 Å². The third-order valence-corrected chi connectivity index (χ3v) is 3.21. The van der Waals surface area contributed by atoms with E-state index in [4.69, 9.17) is 16.7 Å². The highest BCUT2D eigenvalue weighted by Gasteiger charge is 2.28. The number of hydrogen-bond donors (Lipinski definition) is 2. The molecule has 1 aliphatic heterocycles. The fourth-order valence-electron chi connectivity index (χ4n) is 2.11. The van der Waals surface area contributed by atoms with Crippen LogP contribution in [0, 0.1) is 5.92 Å². The van der Waals surface area contributed by atoms with Gasteiger partial charge < -0.3 is 10.4 Å². The van der Waals surface area contributed by atoms with Crippen molar-refractivity contribution in [1.82, 2.24) is 5.32 Å². The molecule has 0 saturated carbocycles. The van der Waals surface area contributed by atoms with Gasteiger partial charge in [-0.1, -0.05) is 23.7 Å². The van der Waals surface area contributed by atoms with Crippen LogP contribution in [-0.2, 0) is 11.2 Å². The summed E-state index contributed by atoms with van der Waals surface area (Å²) < 4.78 is 0. The SMILES string of the molecule is Br.O=C(O)[C@@H]1CC(Cc2ccc(Cl)cc2)CN1. The van der Waals surface area contributed by atoms with Crippen LogP contribution in [-0.4, -0.2) is 23.7 Å². The van der Waals surface area contributed by atoms with Gasteiger partial charge in [0.1, 0.15) is 6.04 Å². The summed E-state index contributed by atoms with van der Waals surface area (Å²) in [4.78, 5) is 10.8. The molecule has 0 spiro atoms.